The van der Waals surface area contributed by atoms with E-state index in [1.807, 2.05) is 0 Å². The number of aliphatic hydroxyl groups excluding tert-OH is 1. The van der Waals surface area contributed by atoms with Crippen LogP contribution in [-0.4, -0.2) is 42.5 Å². The molecular weight excluding hydrogens is 356 g/mol. The molecule has 156 valence electrons. The summed E-state index contributed by atoms with van der Waals surface area (Å²) in [5, 5.41) is 9.10. The van der Waals surface area contributed by atoms with Crippen LogP contribution in [0, 0.1) is 0 Å². The predicted octanol–water partition coefficient (Wildman–Crippen LogP) is 4.26. The first-order valence-electron chi connectivity index (χ1n) is 10.0. The molecule has 0 bridgehead atoms. The monoisotopic (exact) mass is 394 g/mol. The third-order valence-electron chi connectivity index (χ3n) is 4.76. The quantitative estimate of drug-likeness (QED) is 0.217. The fourth-order valence-electron chi connectivity index (χ4n) is 3.11. The number of unbranched alkanes of at least 4 members (excludes halogenated alkanes) is 9. The summed E-state index contributed by atoms with van der Waals surface area (Å²) in [6, 6.07) is 0. The Morgan fingerprint density at radius 3 is 1.92 bits per heavy atom. The summed E-state index contributed by atoms with van der Waals surface area (Å²) in [6.45, 7) is 2.15. The van der Waals surface area contributed by atoms with Gasteiger partial charge in [-0.25, -0.2) is 0 Å². The lowest BCUT2D eigenvalue weighted by atomic mass is 10.0. The highest BCUT2D eigenvalue weighted by molar-refractivity contribution is 7.86. The Labute approximate surface area is 159 Å². The molecule has 0 aromatic rings. The minimum atomic E-state index is -4.24. The van der Waals surface area contributed by atoms with Gasteiger partial charge in [-0.1, -0.05) is 71.1 Å². The Balaban J connectivity index is 4.00. The second kappa shape index (κ2) is 15.4. The molecule has 0 saturated carbocycles. The highest BCUT2D eigenvalue weighted by Crippen LogP contribution is 2.20. The topological polar surface area (TPSA) is 101 Å². The highest BCUT2D eigenvalue weighted by Gasteiger charge is 2.29. The van der Waals surface area contributed by atoms with Crippen LogP contribution in [0.3, 0.4) is 0 Å². The van der Waals surface area contributed by atoms with Crippen molar-refractivity contribution in [2.24, 2.45) is 0 Å². The van der Waals surface area contributed by atoms with E-state index in [1.54, 1.807) is 0 Å². The van der Waals surface area contributed by atoms with Gasteiger partial charge >= 0.3 is 5.97 Å². The minimum absolute atomic E-state index is 0.214. The zero-order valence-corrected chi connectivity index (χ0v) is 17.3. The standard InChI is InChI=1S/C19H38O6S/c1-3-4-5-6-8-11-14-17(20)18(26(22,23)24)15-12-9-7-10-13-16-19(21)25-2/h17-18,20H,3-16H2,1-2H3,(H,22,23,24). The van der Waals surface area contributed by atoms with Crippen LogP contribution in [0.1, 0.15) is 96.8 Å². The molecule has 0 fully saturated rings. The van der Waals surface area contributed by atoms with Crippen LogP contribution < -0.4 is 0 Å². The molecule has 0 radical (unpaired) electrons. The molecule has 7 heteroatoms. The lowest BCUT2D eigenvalue weighted by Gasteiger charge is -2.20. The maximum absolute atomic E-state index is 11.6. The Morgan fingerprint density at radius 1 is 0.885 bits per heavy atom. The molecule has 0 rings (SSSR count). The maximum Gasteiger partial charge on any atom is 0.305 e. The molecule has 2 atom stereocenters. The molecular formula is C19H38O6S. The van der Waals surface area contributed by atoms with E-state index in [4.69, 9.17) is 0 Å². The van der Waals surface area contributed by atoms with Crippen molar-refractivity contribution in [2.75, 3.05) is 7.11 Å². The van der Waals surface area contributed by atoms with Crippen molar-refractivity contribution in [3.05, 3.63) is 0 Å². The van der Waals surface area contributed by atoms with Gasteiger partial charge in [0, 0.05) is 6.42 Å². The number of hydrogen-bond acceptors (Lipinski definition) is 5. The number of methoxy groups -OCH3 is 1. The first-order valence-corrected chi connectivity index (χ1v) is 11.5. The van der Waals surface area contributed by atoms with E-state index in [2.05, 4.69) is 11.7 Å². The van der Waals surface area contributed by atoms with Crippen molar-refractivity contribution in [3.63, 3.8) is 0 Å². The summed E-state index contributed by atoms with van der Waals surface area (Å²) in [4.78, 5) is 11.0. The molecule has 0 saturated heterocycles. The van der Waals surface area contributed by atoms with E-state index in [0.29, 0.717) is 19.3 Å². The van der Waals surface area contributed by atoms with Crippen molar-refractivity contribution in [1.29, 1.82) is 0 Å². The van der Waals surface area contributed by atoms with E-state index in [9.17, 15) is 22.9 Å². The molecule has 0 heterocycles. The number of aliphatic hydroxyl groups is 1. The van der Waals surface area contributed by atoms with E-state index >= 15 is 0 Å². The number of esters is 1. The van der Waals surface area contributed by atoms with Crippen LogP contribution in [-0.2, 0) is 19.6 Å². The van der Waals surface area contributed by atoms with Gasteiger partial charge in [-0.3, -0.25) is 9.35 Å². The maximum atomic E-state index is 11.6. The number of rotatable bonds is 17. The Morgan fingerprint density at radius 2 is 1.38 bits per heavy atom. The predicted molar refractivity (Wildman–Crippen MR) is 104 cm³/mol. The third-order valence-corrected chi connectivity index (χ3v) is 6.08. The van der Waals surface area contributed by atoms with Crippen LogP contribution in [0.15, 0.2) is 0 Å². The van der Waals surface area contributed by atoms with Crippen LogP contribution in [0.5, 0.6) is 0 Å². The number of ether oxygens (including phenoxy) is 1. The smallest absolute Gasteiger partial charge is 0.305 e. The van der Waals surface area contributed by atoms with Crippen molar-refractivity contribution in [3.8, 4) is 0 Å². The summed E-state index contributed by atoms with van der Waals surface area (Å²) >= 11 is 0. The van der Waals surface area contributed by atoms with E-state index < -0.39 is 21.5 Å². The van der Waals surface area contributed by atoms with Crippen LogP contribution in [0.25, 0.3) is 0 Å². The van der Waals surface area contributed by atoms with Crippen LogP contribution >= 0.6 is 0 Å². The van der Waals surface area contributed by atoms with Crippen LogP contribution in [0.2, 0.25) is 0 Å². The van der Waals surface area contributed by atoms with Gasteiger partial charge in [-0.2, -0.15) is 8.42 Å². The molecule has 0 amide bonds. The molecule has 0 spiro atoms. The van der Waals surface area contributed by atoms with E-state index in [1.165, 1.54) is 26.4 Å². The lowest BCUT2D eigenvalue weighted by molar-refractivity contribution is -0.140. The largest absolute Gasteiger partial charge is 0.469 e. The normalized spacial score (nSPS) is 14.2. The summed E-state index contributed by atoms with van der Waals surface area (Å²) in [7, 11) is -2.87. The number of carbonyl (C=O) groups is 1. The molecule has 0 aromatic carbocycles. The van der Waals surface area contributed by atoms with Crippen molar-refractivity contribution in [2.45, 2.75) is 108 Å². The highest BCUT2D eigenvalue weighted by atomic mass is 32.2. The van der Waals surface area contributed by atoms with Crippen LogP contribution in [0.4, 0.5) is 0 Å². The van der Waals surface area contributed by atoms with Crippen molar-refractivity contribution < 1.29 is 27.6 Å². The fraction of sp³-hybridized carbons (Fsp3) is 0.947. The van der Waals surface area contributed by atoms with Gasteiger partial charge < -0.3 is 9.84 Å². The average molecular weight is 395 g/mol. The second-order valence-electron chi connectivity index (χ2n) is 7.06. The Hall–Kier alpha value is -0.660. The molecule has 0 aromatic heterocycles. The number of carbonyl (C=O) groups excluding carboxylic acids is 1. The first kappa shape index (κ1) is 25.3. The molecule has 26 heavy (non-hydrogen) atoms. The van der Waals surface area contributed by atoms with Gasteiger partial charge in [0.05, 0.1) is 13.2 Å². The van der Waals surface area contributed by atoms with Gasteiger partial charge in [0.25, 0.3) is 10.1 Å². The van der Waals surface area contributed by atoms with Gasteiger partial charge in [-0.15, -0.1) is 0 Å². The van der Waals surface area contributed by atoms with E-state index in [-0.39, 0.29) is 12.4 Å². The Bertz CT molecular complexity index is 449. The van der Waals surface area contributed by atoms with Gasteiger partial charge in [-0.05, 0) is 19.3 Å². The van der Waals surface area contributed by atoms with E-state index in [0.717, 1.165) is 44.9 Å². The second-order valence-corrected chi connectivity index (χ2v) is 8.70. The van der Waals surface area contributed by atoms with Gasteiger partial charge in [0.2, 0.25) is 0 Å². The van der Waals surface area contributed by atoms with Gasteiger partial charge in [0.1, 0.15) is 5.25 Å². The summed E-state index contributed by atoms with van der Waals surface area (Å²) in [6.07, 6.45) is 10.5. The Kier molecular flexibility index (Phi) is 15.0. The zero-order chi connectivity index (χ0) is 19.8. The zero-order valence-electron chi connectivity index (χ0n) is 16.5. The lowest BCUT2D eigenvalue weighted by Crippen LogP contribution is -2.33. The first-order chi connectivity index (χ1) is 12.3. The van der Waals surface area contributed by atoms with Crippen molar-refractivity contribution in [1.82, 2.24) is 0 Å². The molecule has 0 aliphatic carbocycles. The fourth-order valence-corrected chi connectivity index (χ4v) is 4.10. The summed E-state index contributed by atoms with van der Waals surface area (Å²) in [5.74, 6) is -0.214. The molecule has 6 nitrogen and oxygen atoms in total. The molecule has 2 unspecified atom stereocenters. The average Bonchev–Trinajstić information content (AvgIpc) is 2.58. The summed E-state index contributed by atoms with van der Waals surface area (Å²) < 4.78 is 37.1. The molecule has 0 aliphatic rings. The van der Waals surface area contributed by atoms with Crippen molar-refractivity contribution >= 4 is 16.1 Å². The molecule has 2 N–H and O–H groups in total. The SMILES string of the molecule is CCCCCCCCC(O)C(CCCCCCCC(=O)OC)S(=O)(=O)O. The summed E-state index contributed by atoms with van der Waals surface area (Å²) in [5.41, 5.74) is 0. The minimum Gasteiger partial charge on any atom is -0.469 e. The van der Waals surface area contributed by atoms with Gasteiger partial charge in [0.15, 0.2) is 0 Å². The third kappa shape index (κ3) is 13.5. The molecule has 0 aliphatic heterocycles. The number of hydrogen-bond donors (Lipinski definition) is 2.